The van der Waals surface area contributed by atoms with Gasteiger partial charge in [0, 0.05) is 37.4 Å². The smallest absolute Gasteiger partial charge is 0.309 e. The molecule has 0 saturated carbocycles. The molecule has 1 saturated heterocycles. The highest BCUT2D eigenvalue weighted by Gasteiger charge is 2.26. The molecule has 1 heterocycles. The molecule has 2 rings (SSSR count). The number of carbonyl (C=O) groups is 1. The first-order chi connectivity index (χ1) is 10.3. The van der Waals surface area contributed by atoms with Crippen molar-refractivity contribution in [3.8, 4) is 0 Å². The van der Waals surface area contributed by atoms with E-state index < -0.39 is 0 Å². The van der Waals surface area contributed by atoms with Crippen LogP contribution in [0, 0.1) is 6.92 Å². The van der Waals surface area contributed by atoms with E-state index in [4.69, 9.17) is 4.74 Å². The average molecular weight is 304 g/mol. The zero-order valence-corrected chi connectivity index (χ0v) is 14.5. The van der Waals surface area contributed by atoms with Gasteiger partial charge < -0.3 is 9.64 Å². The third-order valence-electron chi connectivity index (χ3n) is 4.49. The van der Waals surface area contributed by atoms with E-state index in [1.807, 2.05) is 6.92 Å². The SMILES string of the molecule is COC(=O)Cc1cc(N2CCN(C(C)(C)C)CC2)ccc1C. The van der Waals surface area contributed by atoms with Crippen LogP contribution in [0.5, 0.6) is 0 Å². The van der Waals surface area contributed by atoms with Gasteiger partial charge in [-0.1, -0.05) is 6.07 Å². The van der Waals surface area contributed by atoms with Gasteiger partial charge in [0.2, 0.25) is 0 Å². The zero-order chi connectivity index (χ0) is 16.3. The van der Waals surface area contributed by atoms with E-state index in [0.29, 0.717) is 6.42 Å². The minimum Gasteiger partial charge on any atom is -0.469 e. The summed E-state index contributed by atoms with van der Waals surface area (Å²) in [5, 5.41) is 0. The van der Waals surface area contributed by atoms with Gasteiger partial charge in [0.1, 0.15) is 0 Å². The number of benzene rings is 1. The summed E-state index contributed by atoms with van der Waals surface area (Å²) in [5.41, 5.74) is 3.64. The third kappa shape index (κ3) is 4.01. The summed E-state index contributed by atoms with van der Waals surface area (Å²) in [5.74, 6) is -0.183. The molecule has 0 atom stereocenters. The Morgan fingerprint density at radius 3 is 2.36 bits per heavy atom. The van der Waals surface area contributed by atoms with Gasteiger partial charge in [-0.25, -0.2) is 0 Å². The van der Waals surface area contributed by atoms with E-state index in [1.54, 1.807) is 0 Å². The fourth-order valence-corrected chi connectivity index (χ4v) is 2.91. The van der Waals surface area contributed by atoms with Crippen molar-refractivity contribution in [1.82, 2.24) is 4.90 Å². The van der Waals surface area contributed by atoms with Gasteiger partial charge in [0.25, 0.3) is 0 Å². The van der Waals surface area contributed by atoms with Crippen LogP contribution in [-0.4, -0.2) is 49.7 Å². The van der Waals surface area contributed by atoms with Crippen molar-refractivity contribution in [3.63, 3.8) is 0 Å². The molecule has 0 bridgehead atoms. The molecule has 0 radical (unpaired) electrons. The summed E-state index contributed by atoms with van der Waals surface area (Å²) < 4.78 is 4.79. The second kappa shape index (κ2) is 6.69. The van der Waals surface area contributed by atoms with E-state index in [2.05, 4.69) is 48.8 Å². The van der Waals surface area contributed by atoms with Crippen LogP contribution in [0.3, 0.4) is 0 Å². The number of esters is 1. The number of rotatable bonds is 3. The first-order valence-electron chi connectivity index (χ1n) is 7.97. The highest BCUT2D eigenvalue weighted by Crippen LogP contribution is 2.23. The monoisotopic (exact) mass is 304 g/mol. The van der Waals surface area contributed by atoms with E-state index in [-0.39, 0.29) is 11.5 Å². The van der Waals surface area contributed by atoms with Crippen molar-refractivity contribution in [2.24, 2.45) is 0 Å². The second-order valence-electron chi connectivity index (χ2n) is 7.01. The number of nitrogens with zero attached hydrogens (tertiary/aromatic N) is 2. The van der Waals surface area contributed by atoms with Crippen molar-refractivity contribution in [3.05, 3.63) is 29.3 Å². The van der Waals surface area contributed by atoms with E-state index in [0.717, 1.165) is 37.3 Å². The van der Waals surface area contributed by atoms with Crippen molar-refractivity contribution < 1.29 is 9.53 Å². The van der Waals surface area contributed by atoms with Gasteiger partial charge in [-0.2, -0.15) is 0 Å². The molecule has 0 amide bonds. The average Bonchev–Trinajstić information content (AvgIpc) is 2.48. The number of ether oxygens (including phenoxy) is 1. The predicted molar refractivity (Wildman–Crippen MR) is 90.4 cm³/mol. The lowest BCUT2D eigenvalue weighted by Gasteiger charge is -2.43. The molecular weight excluding hydrogens is 276 g/mol. The van der Waals surface area contributed by atoms with Crippen LogP contribution in [0.2, 0.25) is 0 Å². The fraction of sp³-hybridized carbons (Fsp3) is 0.611. The van der Waals surface area contributed by atoms with E-state index >= 15 is 0 Å². The lowest BCUT2D eigenvalue weighted by Crippen LogP contribution is -2.53. The minimum absolute atomic E-state index is 0.183. The van der Waals surface area contributed by atoms with Crippen LogP contribution in [-0.2, 0) is 16.0 Å². The maximum atomic E-state index is 11.5. The Morgan fingerprint density at radius 2 is 1.82 bits per heavy atom. The summed E-state index contributed by atoms with van der Waals surface area (Å²) >= 11 is 0. The molecule has 1 aliphatic heterocycles. The van der Waals surface area contributed by atoms with Crippen molar-refractivity contribution in [1.29, 1.82) is 0 Å². The molecule has 4 heteroatoms. The molecule has 122 valence electrons. The molecule has 1 fully saturated rings. The molecule has 22 heavy (non-hydrogen) atoms. The number of anilines is 1. The lowest BCUT2D eigenvalue weighted by atomic mass is 10.0. The number of hydrogen-bond acceptors (Lipinski definition) is 4. The largest absolute Gasteiger partial charge is 0.469 e. The maximum Gasteiger partial charge on any atom is 0.309 e. The summed E-state index contributed by atoms with van der Waals surface area (Å²) in [4.78, 5) is 16.5. The normalized spacial score (nSPS) is 16.7. The van der Waals surface area contributed by atoms with Crippen LogP contribution in [0.25, 0.3) is 0 Å². The van der Waals surface area contributed by atoms with Gasteiger partial charge in [0.05, 0.1) is 13.5 Å². The topological polar surface area (TPSA) is 32.8 Å². The first-order valence-corrected chi connectivity index (χ1v) is 7.97. The molecule has 0 spiro atoms. The molecule has 0 unspecified atom stereocenters. The van der Waals surface area contributed by atoms with E-state index in [1.165, 1.54) is 12.8 Å². The number of piperazine rings is 1. The van der Waals surface area contributed by atoms with Crippen LogP contribution in [0.4, 0.5) is 5.69 Å². The van der Waals surface area contributed by atoms with Gasteiger partial charge >= 0.3 is 5.97 Å². The Hall–Kier alpha value is -1.55. The van der Waals surface area contributed by atoms with Crippen molar-refractivity contribution in [2.75, 3.05) is 38.2 Å². The summed E-state index contributed by atoms with van der Waals surface area (Å²) in [6.45, 7) is 13.0. The fourth-order valence-electron chi connectivity index (χ4n) is 2.91. The maximum absolute atomic E-state index is 11.5. The number of aryl methyl sites for hydroxylation is 1. The number of hydrogen-bond donors (Lipinski definition) is 0. The number of methoxy groups -OCH3 is 1. The molecule has 0 aliphatic carbocycles. The van der Waals surface area contributed by atoms with Gasteiger partial charge in [-0.15, -0.1) is 0 Å². The quantitative estimate of drug-likeness (QED) is 0.804. The second-order valence-corrected chi connectivity index (χ2v) is 7.01. The molecular formula is C18H28N2O2. The summed E-state index contributed by atoms with van der Waals surface area (Å²) in [6, 6.07) is 6.39. The standard InChI is InChI=1S/C18H28N2O2/c1-14-6-7-16(12-15(14)13-17(21)22-5)19-8-10-20(11-9-19)18(2,3)4/h6-7,12H,8-11,13H2,1-5H3. The van der Waals surface area contributed by atoms with E-state index in [9.17, 15) is 4.79 Å². The minimum atomic E-state index is -0.183. The predicted octanol–water partition coefficient (Wildman–Crippen LogP) is 2.63. The molecule has 0 N–H and O–H groups in total. The van der Waals surface area contributed by atoms with Gasteiger partial charge in [-0.3, -0.25) is 9.69 Å². The molecule has 1 aromatic rings. The van der Waals surface area contributed by atoms with Gasteiger partial charge in [-0.05, 0) is 51.0 Å². The first kappa shape index (κ1) is 16.8. The Balaban J connectivity index is 2.07. The molecule has 1 aliphatic rings. The Kier molecular flexibility index (Phi) is 5.12. The summed E-state index contributed by atoms with van der Waals surface area (Å²) in [6.07, 6.45) is 0.345. The third-order valence-corrected chi connectivity index (χ3v) is 4.49. The molecule has 0 aromatic heterocycles. The van der Waals surface area contributed by atoms with Crippen LogP contribution >= 0.6 is 0 Å². The van der Waals surface area contributed by atoms with Gasteiger partial charge in [0.15, 0.2) is 0 Å². The zero-order valence-electron chi connectivity index (χ0n) is 14.5. The number of carbonyl (C=O) groups excluding carboxylic acids is 1. The molecule has 1 aromatic carbocycles. The Bertz CT molecular complexity index is 526. The van der Waals surface area contributed by atoms with Crippen molar-refractivity contribution in [2.45, 2.75) is 39.7 Å². The van der Waals surface area contributed by atoms with Crippen molar-refractivity contribution >= 4 is 11.7 Å². The Labute approximate surface area is 134 Å². The van der Waals surface area contributed by atoms with Crippen LogP contribution in [0.15, 0.2) is 18.2 Å². The molecule has 4 nitrogen and oxygen atoms in total. The van der Waals surface area contributed by atoms with Crippen LogP contribution < -0.4 is 4.90 Å². The summed E-state index contributed by atoms with van der Waals surface area (Å²) in [7, 11) is 1.44. The lowest BCUT2D eigenvalue weighted by molar-refractivity contribution is -0.139. The highest BCUT2D eigenvalue weighted by molar-refractivity contribution is 5.73. The Morgan fingerprint density at radius 1 is 1.18 bits per heavy atom. The highest BCUT2D eigenvalue weighted by atomic mass is 16.5. The van der Waals surface area contributed by atoms with Crippen LogP contribution in [0.1, 0.15) is 31.9 Å².